The van der Waals surface area contributed by atoms with Gasteiger partial charge in [0.1, 0.15) is 5.82 Å². The van der Waals surface area contributed by atoms with Gasteiger partial charge in [-0.05, 0) is 36.2 Å². The van der Waals surface area contributed by atoms with E-state index in [0.717, 1.165) is 25.1 Å². The van der Waals surface area contributed by atoms with Crippen LogP contribution in [0.1, 0.15) is 24.5 Å². The van der Waals surface area contributed by atoms with Crippen molar-refractivity contribution in [2.45, 2.75) is 26.4 Å². The topological polar surface area (TPSA) is 17.0 Å². The van der Waals surface area contributed by atoms with Crippen LogP contribution in [0.15, 0.2) is 36.7 Å². The molecule has 2 rings (SSSR count). The van der Waals surface area contributed by atoms with Gasteiger partial charge in [0.25, 0.3) is 0 Å². The first-order chi connectivity index (χ1) is 9.20. The summed E-state index contributed by atoms with van der Waals surface area (Å²) < 4.78 is 15.4. The Hall–Kier alpha value is -1.32. The van der Waals surface area contributed by atoms with Crippen molar-refractivity contribution >= 4 is 11.6 Å². The molecule has 0 spiro atoms. The Labute approximate surface area is 118 Å². The highest BCUT2D eigenvalue weighted by Gasteiger charge is 2.06. The molecule has 0 unspecified atom stereocenters. The summed E-state index contributed by atoms with van der Waals surface area (Å²) in [6, 6.07) is 6.97. The van der Waals surface area contributed by atoms with E-state index in [0.29, 0.717) is 6.54 Å². The highest BCUT2D eigenvalue weighted by molar-refractivity contribution is 6.31. The minimum Gasteiger partial charge on any atom is -0.350 e. The Morgan fingerprint density at radius 3 is 2.95 bits per heavy atom. The Bertz CT molecular complexity index is 537. The lowest BCUT2D eigenvalue weighted by atomic mass is 10.2. The summed E-state index contributed by atoms with van der Waals surface area (Å²) in [4.78, 5) is 0. The molecule has 0 amide bonds. The number of aromatic nitrogens is 1. The van der Waals surface area contributed by atoms with Gasteiger partial charge in [0, 0.05) is 25.5 Å². The van der Waals surface area contributed by atoms with Gasteiger partial charge in [-0.3, -0.25) is 0 Å². The van der Waals surface area contributed by atoms with Crippen molar-refractivity contribution in [3.63, 3.8) is 0 Å². The molecule has 1 aromatic carbocycles. The van der Waals surface area contributed by atoms with Crippen molar-refractivity contribution in [3.05, 3.63) is 58.6 Å². The molecular formula is C15H18ClFN2. The van der Waals surface area contributed by atoms with Crippen molar-refractivity contribution in [2.75, 3.05) is 6.54 Å². The Kier molecular flexibility index (Phi) is 5.00. The third-order valence-electron chi connectivity index (χ3n) is 2.95. The van der Waals surface area contributed by atoms with Gasteiger partial charge in [0.15, 0.2) is 0 Å². The average Bonchev–Trinajstić information content (AvgIpc) is 2.83. The summed E-state index contributed by atoms with van der Waals surface area (Å²) in [5, 5.41) is 3.56. The van der Waals surface area contributed by atoms with E-state index in [-0.39, 0.29) is 10.8 Å². The summed E-state index contributed by atoms with van der Waals surface area (Å²) >= 11 is 5.95. The van der Waals surface area contributed by atoms with E-state index in [2.05, 4.69) is 24.5 Å². The van der Waals surface area contributed by atoms with Gasteiger partial charge < -0.3 is 9.88 Å². The molecule has 102 valence electrons. The summed E-state index contributed by atoms with van der Waals surface area (Å²) in [5.74, 6) is -0.365. The molecule has 0 atom stereocenters. The molecule has 0 aliphatic carbocycles. The van der Waals surface area contributed by atoms with Crippen molar-refractivity contribution in [3.8, 4) is 0 Å². The largest absolute Gasteiger partial charge is 0.350 e. The number of nitrogens with one attached hydrogen (secondary N) is 1. The van der Waals surface area contributed by atoms with Crippen molar-refractivity contribution in [2.24, 2.45) is 0 Å². The molecule has 4 heteroatoms. The van der Waals surface area contributed by atoms with Gasteiger partial charge in [0.05, 0.1) is 5.02 Å². The Morgan fingerprint density at radius 2 is 2.16 bits per heavy atom. The molecule has 1 N–H and O–H groups in total. The number of hydrogen-bond donors (Lipinski definition) is 1. The summed E-state index contributed by atoms with van der Waals surface area (Å²) in [6.07, 6.45) is 5.17. The van der Waals surface area contributed by atoms with Gasteiger partial charge in [-0.15, -0.1) is 0 Å². The molecule has 0 saturated heterocycles. The van der Waals surface area contributed by atoms with Crippen LogP contribution in [0, 0.1) is 5.82 Å². The van der Waals surface area contributed by atoms with Crippen LogP contribution in [0.2, 0.25) is 5.02 Å². The highest BCUT2D eigenvalue weighted by atomic mass is 35.5. The normalized spacial score (nSPS) is 10.9. The minimum absolute atomic E-state index is 0.210. The van der Waals surface area contributed by atoms with Crippen LogP contribution in [0.25, 0.3) is 0 Å². The lowest BCUT2D eigenvalue weighted by molar-refractivity contribution is 0.624. The second-order valence-electron chi connectivity index (χ2n) is 4.58. The zero-order chi connectivity index (χ0) is 13.7. The monoisotopic (exact) mass is 280 g/mol. The molecule has 2 aromatic rings. The fourth-order valence-electron chi connectivity index (χ4n) is 1.97. The van der Waals surface area contributed by atoms with Gasteiger partial charge in [-0.2, -0.15) is 0 Å². The van der Waals surface area contributed by atoms with E-state index >= 15 is 0 Å². The average molecular weight is 281 g/mol. The molecule has 0 bridgehead atoms. The van der Waals surface area contributed by atoms with E-state index < -0.39 is 0 Å². The van der Waals surface area contributed by atoms with Gasteiger partial charge in [0.2, 0.25) is 0 Å². The maximum Gasteiger partial charge on any atom is 0.142 e. The number of hydrogen-bond acceptors (Lipinski definition) is 1. The van der Waals surface area contributed by atoms with Crippen molar-refractivity contribution in [1.82, 2.24) is 9.88 Å². The summed E-state index contributed by atoms with van der Waals surface area (Å²) in [6.45, 7) is 4.60. The second-order valence-corrected chi connectivity index (χ2v) is 4.96. The lowest BCUT2D eigenvalue weighted by Crippen LogP contribution is -2.13. The molecule has 1 aromatic heterocycles. The maximum atomic E-state index is 13.3. The third kappa shape index (κ3) is 3.82. The van der Waals surface area contributed by atoms with Crippen molar-refractivity contribution < 1.29 is 4.39 Å². The first-order valence-corrected chi connectivity index (χ1v) is 6.86. The molecule has 19 heavy (non-hydrogen) atoms. The number of nitrogens with zero attached hydrogens (tertiary/aromatic N) is 1. The fraction of sp³-hybridized carbons (Fsp3) is 0.333. The van der Waals surface area contributed by atoms with Crippen LogP contribution in [-0.4, -0.2) is 11.1 Å². The van der Waals surface area contributed by atoms with Crippen molar-refractivity contribution in [1.29, 1.82) is 0 Å². The highest BCUT2D eigenvalue weighted by Crippen LogP contribution is 2.20. The minimum atomic E-state index is -0.365. The van der Waals surface area contributed by atoms with Crippen LogP contribution in [0.5, 0.6) is 0 Å². The van der Waals surface area contributed by atoms with Crippen LogP contribution in [-0.2, 0) is 13.1 Å². The lowest BCUT2D eigenvalue weighted by Gasteiger charge is -2.06. The van der Waals surface area contributed by atoms with E-state index in [1.807, 2.05) is 16.8 Å². The van der Waals surface area contributed by atoms with Gasteiger partial charge in [-0.25, -0.2) is 4.39 Å². The molecule has 1 heterocycles. The zero-order valence-electron chi connectivity index (χ0n) is 11.0. The summed E-state index contributed by atoms with van der Waals surface area (Å²) in [7, 11) is 0. The Balaban J connectivity index is 2.01. The smallest absolute Gasteiger partial charge is 0.142 e. The van der Waals surface area contributed by atoms with E-state index in [4.69, 9.17) is 11.6 Å². The zero-order valence-corrected chi connectivity index (χ0v) is 11.8. The van der Waals surface area contributed by atoms with Crippen LogP contribution in [0.4, 0.5) is 4.39 Å². The van der Waals surface area contributed by atoms with E-state index in [1.54, 1.807) is 6.07 Å². The number of rotatable bonds is 6. The van der Waals surface area contributed by atoms with E-state index in [1.165, 1.54) is 11.6 Å². The molecule has 0 radical (unpaired) electrons. The molecule has 0 saturated carbocycles. The standard InChI is InChI=1S/C15H18ClFN2/c1-2-7-18-9-12-6-8-19(10-12)11-13-4-3-5-14(17)15(13)16/h3-6,8,10,18H,2,7,9,11H2,1H3. The molecule has 0 fully saturated rings. The predicted molar refractivity (Wildman–Crippen MR) is 76.9 cm³/mol. The second kappa shape index (κ2) is 6.73. The molecule has 2 nitrogen and oxygen atoms in total. The van der Waals surface area contributed by atoms with Gasteiger partial charge in [-0.1, -0.05) is 30.7 Å². The van der Waals surface area contributed by atoms with Crippen LogP contribution in [0.3, 0.4) is 0 Å². The quantitative estimate of drug-likeness (QED) is 0.796. The van der Waals surface area contributed by atoms with Gasteiger partial charge >= 0.3 is 0 Å². The Morgan fingerprint density at radius 1 is 1.32 bits per heavy atom. The third-order valence-corrected chi connectivity index (χ3v) is 3.38. The number of benzene rings is 1. The molecular weight excluding hydrogens is 263 g/mol. The fourth-order valence-corrected chi connectivity index (χ4v) is 2.16. The molecule has 0 aliphatic rings. The molecule has 0 aliphatic heterocycles. The van der Waals surface area contributed by atoms with Crippen LogP contribution >= 0.6 is 11.6 Å². The SMILES string of the molecule is CCCNCc1ccn(Cc2cccc(F)c2Cl)c1. The summed E-state index contributed by atoms with van der Waals surface area (Å²) in [5.41, 5.74) is 2.02. The maximum absolute atomic E-state index is 13.3. The first kappa shape index (κ1) is 14.1. The van der Waals surface area contributed by atoms with E-state index in [9.17, 15) is 4.39 Å². The first-order valence-electron chi connectivity index (χ1n) is 6.49. The predicted octanol–water partition coefficient (Wildman–Crippen LogP) is 3.83. The number of halogens is 2. The van der Waals surface area contributed by atoms with Crippen LogP contribution < -0.4 is 5.32 Å².